The normalized spacial score (nSPS) is 22.1. The first-order chi connectivity index (χ1) is 37.3. The summed E-state index contributed by atoms with van der Waals surface area (Å²) in [6, 6.07) is 2.53. The summed E-state index contributed by atoms with van der Waals surface area (Å²) >= 11 is 9.59. The van der Waals surface area contributed by atoms with Crippen LogP contribution < -0.4 is 22.3 Å². The van der Waals surface area contributed by atoms with Gasteiger partial charge < -0.3 is 39.4 Å². The molecule has 0 radical (unpaired) electrons. The van der Waals surface area contributed by atoms with E-state index in [0.29, 0.717) is 0 Å². The molecule has 74 heavy (non-hydrogen) atoms. The number of hydrogen-bond donors (Lipinski definition) is 8. The van der Waals surface area contributed by atoms with E-state index in [1.54, 1.807) is 131 Å². The summed E-state index contributed by atoms with van der Waals surface area (Å²) in [5.41, 5.74) is 1.78. The van der Waals surface area contributed by atoms with Crippen molar-refractivity contribution in [2.75, 3.05) is 24.1 Å². The zero-order valence-corrected chi connectivity index (χ0v) is 63.2. The minimum atomic E-state index is -2.89. The van der Waals surface area contributed by atoms with Crippen LogP contribution in [-0.4, -0.2) is 105 Å². The largest absolute Gasteiger partial charge is 0.394 e. The second-order valence-electron chi connectivity index (χ2n) is 11.2. The molecule has 3 fully saturated rings. The smallest absolute Gasteiger partial charge is 0.351 e. The molecule has 3 aliphatic rings. The third-order valence-electron chi connectivity index (χ3n) is 6.85. The van der Waals surface area contributed by atoms with Crippen LogP contribution in [0.4, 0.5) is 11.6 Å². The van der Waals surface area contributed by atoms with Gasteiger partial charge >= 0.3 is 11.4 Å². The van der Waals surface area contributed by atoms with Gasteiger partial charge in [0.15, 0.2) is 29.9 Å². The number of hydrogen-bond acceptors (Lipinski definition) is 18. The lowest BCUT2D eigenvalue weighted by molar-refractivity contribution is -0.200. The number of nitrogens with zero attached hydrogens (tertiary/aromatic N) is 4. The van der Waals surface area contributed by atoms with Gasteiger partial charge in [-0.2, -0.15) is 9.97 Å². The molecule has 426 valence electrons. The first kappa shape index (κ1) is 66.2. The maximum atomic E-state index is 12.1. The van der Waals surface area contributed by atoms with E-state index in [2.05, 4.69) is 9.97 Å². The van der Waals surface area contributed by atoms with Crippen LogP contribution in [0.2, 0.25) is 0 Å². The molecule has 5 rings (SSSR count). The monoisotopic (exact) mass is 1680 g/mol. The van der Waals surface area contributed by atoms with Crippen LogP contribution in [0.15, 0.2) is 34.1 Å². The number of nitrogens with one attached hydrogen (secondary N) is 2. The highest BCUT2D eigenvalue weighted by Gasteiger charge is 2.56. The average Bonchev–Trinajstić information content (AvgIpc) is 4.02. The Morgan fingerprint density at radius 1 is 0.527 bits per heavy atom. The Hall–Kier alpha value is 4.66. The number of aliphatic hydroxyl groups is 4. The molecular formula is C21H30N6O12S35. The van der Waals surface area contributed by atoms with E-state index in [9.17, 15) is 30.0 Å². The highest BCUT2D eigenvalue weighted by atomic mass is 33.5. The van der Waals surface area contributed by atoms with Crippen LogP contribution in [0.1, 0.15) is 31.8 Å². The Morgan fingerprint density at radius 2 is 0.824 bits per heavy atom. The van der Waals surface area contributed by atoms with Gasteiger partial charge in [0.25, 0.3) is 0 Å². The third-order valence-corrected chi connectivity index (χ3v) is 78.0. The molecule has 2 unspecified atom stereocenters. The van der Waals surface area contributed by atoms with E-state index in [1.807, 2.05) is 169 Å². The fourth-order valence-electron chi connectivity index (χ4n) is 4.59. The second-order valence-corrected chi connectivity index (χ2v) is 69.6. The fourth-order valence-corrected chi connectivity index (χ4v) is 89.7. The summed E-state index contributed by atoms with van der Waals surface area (Å²) in [5, 5.41) is 55.7. The first-order valence-electron chi connectivity index (χ1n) is 19.0. The van der Waals surface area contributed by atoms with Gasteiger partial charge in [0, 0.05) is 328 Å². The highest BCUT2D eigenvalue weighted by molar-refractivity contribution is 8.80. The lowest BCUT2D eigenvalue weighted by Gasteiger charge is -2.24. The maximum absolute atomic E-state index is 12.1. The molecule has 0 saturated carbocycles. The van der Waals surface area contributed by atoms with Gasteiger partial charge in [0.05, 0.1) is 18.6 Å². The van der Waals surface area contributed by atoms with Crippen LogP contribution in [0.3, 0.4) is 0 Å². The van der Waals surface area contributed by atoms with E-state index in [1.165, 1.54) is 36.1 Å². The molecule has 0 spiro atoms. The summed E-state index contributed by atoms with van der Waals surface area (Å²) in [7, 11) is 58.2. The maximum Gasteiger partial charge on any atom is 0.351 e. The lowest BCUT2D eigenvalue weighted by Crippen LogP contribution is -2.36. The second kappa shape index (κ2) is 46.0. The number of ether oxygens (including phenoxy) is 4. The van der Waals surface area contributed by atoms with Gasteiger partial charge in [-0.1, -0.05) is 0 Å². The van der Waals surface area contributed by atoms with E-state index in [4.69, 9.17) is 57.2 Å². The predicted octanol–water partition coefficient (Wildman–Crippen LogP) is -2.97. The molecule has 8 N–H and O–H groups in total. The molecule has 0 bridgehead atoms. The van der Waals surface area contributed by atoms with Crippen LogP contribution in [0.5, 0.6) is 0 Å². The number of rotatable bonds is 6. The van der Waals surface area contributed by atoms with Crippen molar-refractivity contribution in [1.29, 1.82) is 0 Å². The van der Waals surface area contributed by atoms with Crippen molar-refractivity contribution < 1.29 is 55.3 Å². The van der Waals surface area contributed by atoms with Gasteiger partial charge in [-0.25, -0.2) is 9.59 Å². The van der Waals surface area contributed by atoms with Gasteiger partial charge in [0.2, 0.25) is 0 Å². The van der Waals surface area contributed by atoms with Crippen LogP contribution in [0, 0.1) is 0 Å². The van der Waals surface area contributed by atoms with Gasteiger partial charge in [-0.05, 0) is 26.0 Å². The van der Waals surface area contributed by atoms with E-state index < -0.39 is 79.4 Å². The molecular weight excluding hydrogens is 1650 g/mol. The number of aliphatic hydroxyl groups excluding tert-OH is 2. The van der Waals surface area contributed by atoms with Crippen molar-refractivity contribution in [3.63, 3.8) is 0 Å². The molecule has 2 aromatic heterocycles. The minimum absolute atomic E-state index is 0.0428. The quantitative estimate of drug-likeness (QED) is 0.135. The van der Waals surface area contributed by atoms with Crippen LogP contribution in [0.25, 0.3) is 0 Å². The Bertz CT molecular complexity index is 4040. The summed E-state index contributed by atoms with van der Waals surface area (Å²) in [6.07, 6.45) is -8.08. The lowest BCUT2D eigenvalue weighted by atomic mass is 10.1. The van der Waals surface area contributed by atoms with Crippen molar-refractivity contribution in [1.82, 2.24) is 19.1 Å². The van der Waals surface area contributed by atoms with Crippen molar-refractivity contribution in [2.45, 2.75) is 68.7 Å². The van der Waals surface area contributed by atoms with E-state index in [-0.39, 0.29) is 11.6 Å². The molecule has 2 aromatic rings. The molecule has 53 heteroatoms. The van der Waals surface area contributed by atoms with E-state index in [0.717, 1.165) is 15.3 Å². The standard InChI is InChI=1S/C12H17N3O6.C9H13N3O6.S35/c1-12(2)20-8-6(5-16)19-10(9(8)21-12)15-4-3-7(14-18)13-11(15)17;13-3-4-6(14)7(15)8(18-4)12-2-1-5(11-17)10-9(12)16;1-3-5-7-9-11-13-15-17-19-21-23-25-27-29-31-33-35-34-32-30-28-26-24-22-20-18-16-14-12-10-8-6-4-2/h3-4,6,8-10,16,18H,5H2,1-2H3,(H,13,14,17);1-2,4,6-8,13-15,17H,3H2,(H,10,11,16);/t6-,8+,9?,10-;4-,6+,7?,8-;/m11./s1/i5D2;3D2;. The van der Waals surface area contributed by atoms with Crippen molar-refractivity contribution in [3.05, 3.63) is 45.5 Å². The fraction of sp³-hybridized carbons (Fsp3) is 0.619. The molecule has 3 aliphatic heterocycles. The van der Waals surface area contributed by atoms with Crippen molar-refractivity contribution >= 4 is 327 Å². The molecule has 18 nitrogen and oxygen atoms in total. The predicted molar refractivity (Wildman–Crippen MR) is 383 cm³/mol. The van der Waals surface area contributed by atoms with Gasteiger partial charge in [0.1, 0.15) is 36.6 Å². The summed E-state index contributed by atoms with van der Waals surface area (Å²) in [6.45, 7) is -2.28. The van der Waals surface area contributed by atoms with Gasteiger partial charge in [-0.3, -0.25) is 30.5 Å². The molecule has 3 saturated heterocycles. The van der Waals surface area contributed by atoms with Gasteiger partial charge in [-0.15, -0.1) is 0 Å². The van der Waals surface area contributed by atoms with Crippen molar-refractivity contribution in [3.8, 4) is 0 Å². The SMILES string of the molecule is S=S=S=S=S=S=S=S=S=S=S=S=S=S=S=S=S=S=S=S=S=S=S=S=S=S=S=S=S=S=S=S=S=S=S.[2H]C([2H])(O)[C@H]1O[C@@H](n2ccc(NO)nc2=O)C(O)[C@H]1O.[2H]C([2H])(O)[C@H]1O[C@@H](n2ccc(NO)nc2=O)C2OC(C)(C)O[C@H]21. The number of aromatic nitrogens is 4. The Balaban J connectivity index is 0.000000321. The van der Waals surface area contributed by atoms with Crippen LogP contribution in [-0.2, 0) is 334 Å². The Labute approximate surface area is 530 Å². The summed E-state index contributed by atoms with van der Waals surface area (Å²) < 4.78 is 52.9. The highest BCUT2D eigenvalue weighted by Crippen LogP contribution is 2.42. The Morgan fingerprint density at radius 3 is 1.11 bits per heavy atom. The number of fused-ring (bicyclic) bond motifs is 1. The van der Waals surface area contributed by atoms with Crippen LogP contribution >= 0.6 is 0 Å². The van der Waals surface area contributed by atoms with Crippen molar-refractivity contribution in [2.24, 2.45) is 0 Å². The average molecular weight is 1680 g/mol. The molecule has 0 aliphatic carbocycles. The molecule has 5 heterocycles. The summed E-state index contributed by atoms with van der Waals surface area (Å²) in [5.74, 6) is -1.18. The third kappa shape index (κ3) is 30.1. The molecule has 0 aromatic carbocycles. The molecule has 8 atom stereocenters. The first-order valence-corrected chi connectivity index (χ1v) is 62.3. The zero-order valence-electron chi connectivity index (χ0n) is 38.6. The number of anilines is 2. The Kier molecular flexibility index (Phi) is 41.1. The zero-order chi connectivity index (χ0) is 57.4. The summed E-state index contributed by atoms with van der Waals surface area (Å²) in [4.78, 5) is 30.7. The topological polar surface area (TPSA) is 252 Å². The van der Waals surface area contributed by atoms with E-state index >= 15 is 0 Å². The molecule has 0 amide bonds. The minimum Gasteiger partial charge on any atom is -0.394 e.